The molecule has 0 aromatic rings. The molecule has 0 aliphatic rings. The molecule has 0 rings (SSSR count). The number of carbonyl (C=O) groups is 1. The lowest BCUT2D eigenvalue weighted by Gasteiger charge is -2.38. The molecule has 0 spiro atoms. The molecule has 0 aliphatic heterocycles. The highest BCUT2D eigenvalue weighted by molar-refractivity contribution is 6.96. The van der Waals surface area contributed by atoms with Crippen LogP contribution >= 0.6 is 0 Å². The lowest BCUT2D eigenvalue weighted by molar-refractivity contribution is -0.137. The third-order valence-corrected chi connectivity index (χ3v) is 12.9. The highest BCUT2D eigenvalue weighted by atomic mass is 28.4. The minimum Gasteiger partial charge on any atom is -0.463 e. The van der Waals surface area contributed by atoms with Crippen LogP contribution in [0, 0.1) is 0 Å². The van der Waals surface area contributed by atoms with Crippen LogP contribution in [0.5, 0.6) is 0 Å². The Balaban J connectivity index is 4.37. The topological polar surface area (TPSA) is 26.3 Å². The van der Waals surface area contributed by atoms with E-state index >= 15 is 0 Å². The van der Waals surface area contributed by atoms with Crippen LogP contribution in [0.25, 0.3) is 0 Å². The predicted molar refractivity (Wildman–Crippen MR) is 76.2 cm³/mol. The Labute approximate surface area is 102 Å². The van der Waals surface area contributed by atoms with Crippen LogP contribution in [0.15, 0.2) is 12.7 Å². The normalized spacial score (nSPS) is 12.7. The quantitative estimate of drug-likeness (QED) is 0.412. The van der Waals surface area contributed by atoms with E-state index in [4.69, 9.17) is 4.74 Å². The summed E-state index contributed by atoms with van der Waals surface area (Å²) in [6, 6.07) is 0. The Bertz CT molecular complexity index is 235. The fourth-order valence-corrected chi connectivity index (χ4v) is 14.9. The molecule has 0 radical (unpaired) electrons. The van der Waals surface area contributed by atoms with E-state index < -0.39 is 16.1 Å². The molecule has 2 nitrogen and oxygen atoms in total. The summed E-state index contributed by atoms with van der Waals surface area (Å²) in [5.74, 6) is -0.301. The maximum atomic E-state index is 11.0. The molecule has 0 unspecified atom stereocenters. The summed E-state index contributed by atoms with van der Waals surface area (Å²) in [6.45, 7) is 18.4. The molecule has 0 fully saturated rings. The summed E-state index contributed by atoms with van der Waals surface area (Å²) in [6.07, 6.45) is 2.25. The van der Waals surface area contributed by atoms with Crippen molar-refractivity contribution in [3.05, 3.63) is 12.7 Å². The number of carbonyl (C=O) groups excluding carboxylic acids is 1. The van der Waals surface area contributed by atoms with E-state index in [1.807, 2.05) is 0 Å². The molecule has 0 heterocycles. The van der Waals surface area contributed by atoms with Gasteiger partial charge in [0.1, 0.15) is 0 Å². The van der Waals surface area contributed by atoms with E-state index in [1.165, 1.54) is 6.08 Å². The largest absolute Gasteiger partial charge is 0.463 e. The van der Waals surface area contributed by atoms with E-state index in [2.05, 4.69) is 45.9 Å². The first-order chi connectivity index (χ1) is 7.09. The monoisotopic (exact) mass is 258 g/mol. The summed E-state index contributed by atoms with van der Waals surface area (Å²) < 4.78 is 5.10. The molecule has 0 aliphatic carbocycles. The minimum atomic E-state index is -1.16. The van der Waals surface area contributed by atoms with E-state index in [-0.39, 0.29) is 5.97 Å². The van der Waals surface area contributed by atoms with Gasteiger partial charge in [-0.2, -0.15) is 0 Å². The minimum absolute atomic E-state index is 0.301. The van der Waals surface area contributed by atoms with E-state index in [1.54, 1.807) is 0 Å². The van der Waals surface area contributed by atoms with Crippen LogP contribution < -0.4 is 0 Å². The van der Waals surface area contributed by atoms with Crippen molar-refractivity contribution in [2.45, 2.75) is 50.9 Å². The number of hydrogen-bond donors (Lipinski definition) is 0. The van der Waals surface area contributed by atoms with Crippen LogP contribution in [0.4, 0.5) is 0 Å². The molecular weight excluding hydrogens is 232 g/mol. The molecule has 0 aromatic heterocycles. The zero-order chi connectivity index (χ0) is 13.0. The van der Waals surface area contributed by atoms with E-state index in [0.717, 1.165) is 11.6 Å². The van der Waals surface area contributed by atoms with Crippen molar-refractivity contribution >= 4 is 22.1 Å². The first-order valence-electron chi connectivity index (χ1n) is 5.88. The Morgan fingerprint density at radius 3 is 1.94 bits per heavy atom. The zero-order valence-corrected chi connectivity index (χ0v) is 13.6. The molecule has 0 N–H and O–H groups in total. The lowest BCUT2D eigenvalue weighted by atomic mass is 10.5. The molecular formula is C12H26O2Si2. The fraction of sp³-hybridized carbons (Fsp3) is 0.750. The van der Waals surface area contributed by atoms with Gasteiger partial charge in [-0.15, -0.1) is 0 Å². The van der Waals surface area contributed by atoms with Gasteiger partial charge in [0.25, 0.3) is 0 Å². The van der Waals surface area contributed by atoms with Crippen LogP contribution in [-0.2, 0) is 9.53 Å². The van der Waals surface area contributed by atoms with Gasteiger partial charge < -0.3 is 4.74 Å². The van der Waals surface area contributed by atoms with Crippen molar-refractivity contribution in [1.29, 1.82) is 0 Å². The second-order valence-electron chi connectivity index (χ2n) is 6.44. The molecule has 0 aromatic carbocycles. The second kappa shape index (κ2) is 5.82. The lowest BCUT2D eigenvalue weighted by Crippen LogP contribution is -2.44. The third-order valence-electron chi connectivity index (χ3n) is 2.91. The average molecular weight is 259 g/mol. The van der Waals surface area contributed by atoms with Crippen molar-refractivity contribution in [1.82, 2.24) is 0 Å². The first kappa shape index (κ1) is 15.6. The summed E-state index contributed by atoms with van der Waals surface area (Å²) in [5.41, 5.74) is 0. The Hall–Kier alpha value is -0.356. The van der Waals surface area contributed by atoms with Gasteiger partial charge in [-0.3, -0.25) is 0 Å². The van der Waals surface area contributed by atoms with Gasteiger partial charge in [0.05, 0.1) is 6.61 Å². The summed E-state index contributed by atoms with van der Waals surface area (Å²) in [7, 11) is -2.32. The Kier molecular flexibility index (Phi) is 5.69. The fourth-order valence-electron chi connectivity index (χ4n) is 2.50. The molecule has 94 valence electrons. The Morgan fingerprint density at radius 2 is 1.62 bits per heavy atom. The van der Waals surface area contributed by atoms with Crippen LogP contribution in [0.1, 0.15) is 6.42 Å². The number of ether oxygens (including phenoxy) is 1. The number of hydrogen-bond acceptors (Lipinski definition) is 2. The van der Waals surface area contributed by atoms with Crippen molar-refractivity contribution in [2.24, 2.45) is 0 Å². The van der Waals surface area contributed by atoms with Crippen LogP contribution in [-0.4, -0.2) is 28.7 Å². The molecule has 16 heavy (non-hydrogen) atoms. The molecule has 0 amide bonds. The Morgan fingerprint density at radius 1 is 1.19 bits per heavy atom. The van der Waals surface area contributed by atoms with Gasteiger partial charge in [-0.25, -0.2) is 4.79 Å². The summed E-state index contributed by atoms with van der Waals surface area (Å²) >= 11 is 0. The van der Waals surface area contributed by atoms with Gasteiger partial charge >= 0.3 is 5.97 Å². The standard InChI is InChI=1S/C12H26O2Si2/c1-8-11(13)14-10-9-12(15(2,3)4)16(5,6)7/h8,12H,1,9-10H2,2-7H3. The van der Waals surface area contributed by atoms with Crippen molar-refractivity contribution in [3.63, 3.8) is 0 Å². The third kappa shape index (κ3) is 5.65. The van der Waals surface area contributed by atoms with Crippen molar-refractivity contribution in [2.75, 3.05) is 6.61 Å². The van der Waals surface area contributed by atoms with Gasteiger partial charge in [0, 0.05) is 22.2 Å². The van der Waals surface area contributed by atoms with E-state index in [9.17, 15) is 4.79 Å². The second-order valence-corrected chi connectivity index (χ2v) is 17.9. The highest BCUT2D eigenvalue weighted by Crippen LogP contribution is 2.34. The highest BCUT2D eigenvalue weighted by Gasteiger charge is 2.37. The van der Waals surface area contributed by atoms with Crippen molar-refractivity contribution < 1.29 is 9.53 Å². The molecule has 0 atom stereocenters. The maximum Gasteiger partial charge on any atom is 0.330 e. The van der Waals surface area contributed by atoms with Gasteiger partial charge in [-0.05, 0) is 11.6 Å². The maximum absolute atomic E-state index is 11.0. The first-order valence-corrected chi connectivity index (χ1v) is 13.0. The molecule has 0 bridgehead atoms. The summed E-state index contributed by atoms with van der Waals surface area (Å²) in [5, 5.41) is 0.789. The molecule has 0 saturated carbocycles. The van der Waals surface area contributed by atoms with Crippen LogP contribution in [0.3, 0.4) is 0 Å². The van der Waals surface area contributed by atoms with Crippen LogP contribution in [0.2, 0.25) is 44.4 Å². The SMILES string of the molecule is C=CC(=O)OCCC([Si](C)(C)C)[Si](C)(C)C. The zero-order valence-electron chi connectivity index (χ0n) is 11.6. The van der Waals surface area contributed by atoms with Crippen molar-refractivity contribution in [3.8, 4) is 0 Å². The van der Waals surface area contributed by atoms with Gasteiger partial charge in [-0.1, -0.05) is 45.9 Å². The smallest absolute Gasteiger partial charge is 0.330 e. The molecule has 4 heteroatoms. The number of rotatable bonds is 6. The number of esters is 1. The van der Waals surface area contributed by atoms with E-state index in [0.29, 0.717) is 6.61 Å². The average Bonchev–Trinajstić information content (AvgIpc) is 2.07. The molecule has 0 saturated heterocycles. The van der Waals surface area contributed by atoms with Gasteiger partial charge in [0.15, 0.2) is 0 Å². The van der Waals surface area contributed by atoms with Gasteiger partial charge in [0.2, 0.25) is 0 Å². The predicted octanol–water partition coefficient (Wildman–Crippen LogP) is 3.69. The summed E-state index contributed by atoms with van der Waals surface area (Å²) in [4.78, 5) is 11.0.